The van der Waals surface area contributed by atoms with Gasteiger partial charge in [-0.05, 0) is 44.1 Å². The summed E-state index contributed by atoms with van der Waals surface area (Å²) in [6.45, 7) is 9.41. The van der Waals surface area contributed by atoms with E-state index in [1.807, 2.05) is 6.92 Å². The third-order valence-corrected chi connectivity index (χ3v) is 5.67. The van der Waals surface area contributed by atoms with Crippen molar-refractivity contribution in [2.24, 2.45) is 17.1 Å². The van der Waals surface area contributed by atoms with Crippen molar-refractivity contribution in [1.29, 1.82) is 0 Å². The largest absolute Gasteiger partial charge is 0.330 e. The smallest absolute Gasteiger partial charge is 0.214 e. The first-order valence-corrected chi connectivity index (χ1v) is 8.46. The Balaban J connectivity index is 2.70. The molecule has 1 rings (SSSR count). The van der Waals surface area contributed by atoms with Gasteiger partial charge in [-0.15, -0.1) is 0 Å². The highest BCUT2D eigenvalue weighted by Crippen LogP contribution is 2.26. The zero-order valence-corrected chi connectivity index (χ0v) is 13.0. The molecule has 108 valence electrons. The van der Waals surface area contributed by atoms with Crippen LogP contribution in [-0.2, 0) is 10.0 Å². The monoisotopic (exact) mass is 276 g/mol. The molecule has 0 saturated carbocycles. The van der Waals surface area contributed by atoms with E-state index >= 15 is 0 Å². The molecule has 1 heterocycles. The minimum absolute atomic E-state index is 0.0549. The lowest BCUT2D eigenvalue weighted by atomic mass is 9.94. The molecule has 5 heteroatoms. The molecule has 0 spiro atoms. The van der Waals surface area contributed by atoms with Crippen LogP contribution in [0.5, 0.6) is 0 Å². The number of sulfonamides is 1. The second-order valence-corrected chi connectivity index (χ2v) is 8.77. The fourth-order valence-corrected chi connectivity index (χ4v) is 4.48. The Morgan fingerprint density at radius 2 is 1.89 bits per heavy atom. The first-order chi connectivity index (χ1) is 8.15. The van der Waals surface area contributed by atoms with E-state index in [4.69, 9.17) is 5.73 Å². The number of rotatable bonds is 4. The molecule has 0 aromatic carbocycles. The summed E-state index contributed by atoms with van der Waals surface area (Å²) in [5, 5.41) is 0. The second-order valence-electron chi connectivity index (χ2n) is 6.72. The average molecular weight is 276 g/mol. The summed E-state index contributed by atoms with van der Waals surface area (Å²) in [6, 6.07) is 0.123. The molecule has 4 nitrogen and oxygen atoms in total. The molecule has 0 aromatic rings. The average Bonchev–Trinajstić information content (AvgIpc) is 2.26. The predicted molar refractivity (Wildman–Crippen MR) is 75.8 cm³/mol. The second kappa shape index (κ2) is 5.88. The van der Waals surface area contributed by atoms with Gasteiger partial charge in [-0.3, -0.25) is 0 Å². The van der Waals surface area contributed by atoms with Crippen LogP contribution in [0.3, 0.4) is 0 Å². The SMILES string of the molecule is CC1CCC(CN)CN1S(=O)(=O)CCC(C)(C)C. The van der Waals surface area contributed by atoms with Gasteiger partial charge in [0.1, 0.15) is 0 Å². The summed E-state index contributed by atoms with van der Waals surface area (Å²) in [5.74, 6) is 0.573. The van der Waals surface area contributed by atoms with Crippen LogP contribution in [0, 0.1) is 11.3 Å². The minimum atomic E-state index is -3.13. The molecule has 2 N–H and O–H groups in total. The molecule has 0 bridgehead atoms. The quantitative estimate of drug-likeness (QED) is 0.852. The first-order valence-electron chi connectivity index (χ1n) is 6.85. The summed E-state index contributed by atoms with van der Waals surface area (Å²) in [4.78, 5) is 0. The van der Waals surface area contributed by atoms with Gasteiger partial charge >= 0.3 is 0 Å². The lowest BCUT2D eigenvalue weighted by Gasteiger charge is -2.37. The predicted octanol–water partition coefficient (Wildman–Crippen LogP) is 1.81. The van der Waals surface area contributed by atoms with Crippen LogP contribution < -0.4 is 5.73 Å². The molecule has 1 aliphatic heterocycles. The molecule has 0 aliphatic carbocycles. The van der Waals surface area contributed by atoms with Gasteiger partial charge in [-0.1, -0.05) is 20.8 Å². The first kappa shape index (κ1) is 15.9. The zero-order valence-electron chi connectivity index (χ0n) is 12.1. The molecule has 2 unspecified atom stereocenters. The third-order valence-electron chi connectivity index (χ3n) is 3.72. The standard InChI is InChI=1S/C13H28N2O2S/c1-11-5-6-12(9-14)10-15(11)18(16,17)8-7-13(2,3)4/h11-12H,5-10,14H2,1-4H3. The van der Waals surface area contributed by atoms with E-state index in [1.165, 1.54) is 0 Å². The number of piperidine rings is 1. The van der Waals surface area contributed by atoms with Gasteiger partial charge in [0, 0.05) is 12.6 Å². The van der Waals surface area contributed by atoms with E-state index < -0.39 is 10.0 Å². The van der Waals surface area contributed by atoms with Crippen LogP contribution in [0.2, 0.25) is 0 Å². The molecule has 1 aliphatic rings. The van der Waals surface area contributed by atoms with Gasteiger partial charge in [0.2, 0.25) is 10.0 Å². The Morgan fingerprint density at radius 3 is 2.39 bits per heavy atom. The lowest BCUT2D eigenvalue weighted by molar-refractivity contribution is 0.210. The molecule has 0 amide bonds. The molecule has 2 atom stereocenters. The number of nitrogens with zero attached hydrogens (tertiary/aromatic N) is 1. The highest BCUT2D eigenvalue weighted by Gasteiger charge is 2.33. The summed E-state index contributed by atoms with van der Waals surface area (Å²) in [7, 11) is -3.13. The van der Waals surface area contributed by atoms with Gasteiger partial charge in [0.15, 0.2) is 0 Å². The van der Waals surface area contributed by atoms with Gasteiger partial charge in [-0.2, -0.15) is 4.31 Å². The summed E-state index contributed by atoms with van der Waals surface area (Å²) in [6.07, 6.45) is 2.67. The summed E-state index contributed by atoms with van der Waals surface area (Å²) < 4.78 is 26.5. The Hall–Kier alpha value is -0.130. The maximum absolute atomic E-state index is 12.4. The normalized spacial score (nSPS) is 27.4. The van der Waals surface area contributed by atoms with Gasteiger partial charge in [-0.25, -0.2) is 8.42 Å². The van der Waals surface area contributed by atoms with Crippen LogP contribution in [0.25, 0.3) is 0 Å². The van der Waals surface area contributed by atoms with Crippen molar-refractivity contribution in [3.8, 4) is 0 Å². The number of hydrogen-bond donors (Lipinski definition) is 1. The van der Waals surface area contributed by atoms with Crippen LogP contribution >= 0.6 is 0 Å². The minimum Gasteiger partial charge on any atom is -0.330 e. The molecule has 1 saturated heterocycles. The Kier molecular flexibility index (Phi) is 5.21. The van der Waals surface area contributed by atoms with Gasteiger partial charge in [0.05, 0.1) is 5.75 Å². The van der Waals surface area contributed by atoms with Crippen molar-refractivity contribution in [2.75, 3.05) is 18.8 Å². The van der Waals surface area contributed by atoms with Gasteiger partial charge in [0.25, 0.3) is 0 Å². The number of nitrogens with two attached hydrogens (primary N) is 1. The van der Waals surface area contributed by atoms with E-state index in [-0.39, 0.29) is 17.2 Å². The number of hydrogen-bond acceptors (Lipinski definition) is 3. The van der Waals surface area contributed by atoms with Crippen molar-refractivity contribution < 1.29 is 8.42 Å². The van der Waals surface area contributed by atoms with E-state index in [1.54, 1.807) is 4.31 Å². The van der Waals surface area contributed by atoms with Crippen LogP contribution in [0.1, 0.15) is 47.0 Å². The maximum Gasteiger partial charge on any atom is 0.214 e. The van der Waals surface area contributed by atoms with E-state index in [9.17, 15) is 8.42 Å². The van der Waals surface area contributed by atoms with E-state index in [0.717, 1.165) is 12.8 Å². The van der Waals surface area contributed by atoms with Crippen molar-refractivity contribution in [1.82, 2.24) is 4.31 Å². The van der Waals surface area contributed by atoms with Crippen molar-refractivity contribution in [3.05, 3.63) is 0 Å². The fourth-order valence-electron chi connectivity index (χ4n) is 2.28. The summed E-state index contributed by atoms with van der Waals surface area (Å²) >= 11 is 0. The van der Waals surface area contributed by atoms with Crippen LogP contribution in [0.15, 0.2) is 0 Å². The Bertz CT molecular complexity index is 360. The van der Waals surface area contributed by atoms with Crippen molar-refractivity contribution in [3.63, 3.8) is 0 Å². The third kappa shape index (κ3) is 4.52. The zero-order chi connectivity index (χ0) is 14.0. The molecule has 0 aromatic heterocycles. The lowest BCUT2D eigenvalue weighted by Crippen LogP contribution is -2.48. The topological polar surface area (TPSA) is 63.4 Å². The molecule has 18 heavy (non-hydrogen) atoms. The van der Waals surface area contributed by atoms with E-state index in [2.05, 4.69) is 20.8 Å². The van der Waals surface area contributed by atoms with E-state index in [0.29, 0.717) is 25.4 Å². The van der Waals surface area contributed by atoms with Crippen molar-refractivity contribution >= 4 is 10.0 Å². The molecular formula is C13H28N2O2S. The van der Waals surface area contributed by atoms with Crippen LogP contribution in [0.4, 0.5) is 0 Å². The molecule has 0 radical (unpaired) electrons. The Morgan fingerprint density at radius 1 is 1.28 bits per heavy atom. The molecule has 1 fully saturated rings. The van der Waals surface area contributed by atoms with Gasteiger partial charge < -0.3 is 5.73 Å². The molecular weight excluding hydrogens is 248 g/mol. The highest BCUT2D eigenvalue weighted by molar-refractivity contribution is 7.89. The maximum atomic E-state index is 12.4. The Labute approximate surface area is 112 Å². The summed E-state index contributed by atoms with van der Waals surface area (Å²) in [5.41, 5.74) is 5.73. The fraction of sp³-hybridized carbons (Fsp3) is 1.00. The highest BCUT2D eigenvalue weighted by atomic mass is 32.2. The van der Waals surface area contributed by atoms with Crippen molar-refractivity contribution in [2.45, 2.75) is 53.0 Å². The van der Waals surface area contributed by atoms with Crippen LogP contribution in [-0.4, -0.2) is 37.6 Å².